The third kappa shape index (κ3) is 3.36. The fraction of sp³-hybridized carbons (Fsp3) is 0.769. The van der Waals surface area contributed by atoms with Gasteiger partial charge in [0.25, 0.3) is 0 Å². The zero-order valence-electron chi connectivity index (χ0n) is 11.8. The molecule has 0 saturated heterocycles. The Kier molecular flexibility index (Phi) is 4.01. The smallest absolute Gasteiger partial charge is 0.243 e. The van der Waals surface area contributed by atoms with Crippen LogP contribution in [0.5, 0.6) is 0 Å². The van der Waals surface area contributed by atoms with Crippen LogP contribution in [0.4, 0.5) is 0 Å². The number of hydrogen-bond donors (Lipinski definition) is 2. The first-order valence-corrected chi connectivity index (χ1v) is 8.30. The number of aromatic nitrogens is 2. The Morgan fingerprint density at radius 3 is 2.58 bits per heavy atom. The van der Waals surface area contributed by atoms with Crippen LogP contribution in [0, 0.1) is 11.3 Å². The van der Waals surface area contributed by atoms with Gasteiger partial charge in [-0.1, -0.05) is 33.6 Å². The van der Waals surface area contributed by atoms with Gasteiger partial charge in [0.2, 0.25) is 10.0 Å². The minimum absolute atomic E-state index is 0.0219. The van der Waals surface area contributed by atoms with Crippen molar-refractivity contribution in [1.29, 1.82) is 0 Å². The molecule has 2 atom stereocenters. The largest absolute Gasteiger partial charge is 0.284 e. The minimum atomic E-state index is -3.45. The lowest BCUT2D eigenvalue weighted by molar-refractivity contribution is 0.144. The lowest BCUT2D eigenvalue weighted by Gasteiger charge is -2.40. The number of hydrogen-bond acceptors (Lipinski definition) is 3. The van der Waals surface area contributed by atoms with Crippen molar-refractivity contribution in [3.8, 4) is 0 Å². The van der Waals surface area contributed by atoms with Crippen molar-refractivity contribution >= 4 is 10.0 Å². The van der Waals surface area contributed by atoms with Gasteiger partial charge in [0.15, 0.2) is 0 Å². The monoisotopic (exact) mass is 285 g/mol. The predicted molar refractivity (Wildman–Crippen MR) is 74.1 cm³/mol. The van der Waals surface area contributed by atoms with E-state index in [4.69, 9.17) is 0 Å². The van der Waals surface area contributed by atoms with Crippen LogP contribution < -0.4 is 4.72 Å². The van der Waals surface area contributed by atoms with Crippen LogP contribution in [0.1, 0.15) is 46.5 Å². The van der Waals surface area contributed by atoms with Gasteiger partial charge in [-0.05, 0) is 24.2 Å². The maximum Gasteiger partial charge on any atom is 0.243 e. The molecule has 1 aromatic heterocycles. The van der Waals surface area contributed by atoms with Gasteiger partial charge in [-0.3, -0.25) is 5.10 Å². The molecule has 0 radical (unpaired) electrons. The van der Waals surface area contributed by atoms with Crippen molar-refractivity contribution in [2.45, 2.75) is 57.4 Å². The van der Waals surface area contributed by atoms with E-state index in [-0.39, 0.29) is 16.4 Å². The second-order valence-corrected chi connectivity index (χ2v) is 8.13. The zero-order chi connectivity index (χ0) is 14.1. The maximum atomic E-state index is 12.3. The van der Waals surface area contributed by atoms with Crippen LogP contribution in [0.15, 0.2) is 17.3 Å². The molecule has 19 heavy (non-hydrogen) atoms. The molecule has 2 rings (SSSR count). The third-order valence-corrected chi connectivity index (χ3v) is 5.43. The van der Waals surface area contributed by atoms with Crippen molar-refractivity contribution in [2.75, 3.05) is 0 Å². The van der Waals surface area contributed by atoms with Crippen LogP contribution in [-0.2, 0) is 10.0 Å². The normalized spacial score (nSPS) is 25.4. The second kappa shape index (κ2) is 5.25. The molecule has 0 bridgehead atoms. The summed E-state index contributed by atoms with van der Waals surface area (Å²) in [4.78, 5) is 0.214. The summed E-state index contributed by atoms with van der Waals surface area (Å²) in [5.41, 5.74) is 0.115. The number of H-pyrrole nitrogens is 1. The van der Waals surface area contributed by atoms with Gasteiger partial charge >= 0.3 is 0 Å². The molecule has 1 fully saturated rings. The van der Waals surface area contributed by atoms with Crippen molar-refractivity contribution in [3.63, 3.8) is 0 Å². The van der Waals surface area contributed by atoms with Crippen molar-refractivity contribution in [2.24, 2.45) is 11.3 Å². The Bertz CT molecular complexity index is 502. The quantitative estimate of drug-likeness (QED) is 0.894. The molecule has 0 amide bonds. The van der Waals surface area contributed by atoms with Crippen LogP contribution in [-0.4, -0.2) is 24.7 Å². The number of rotatable bonds is 3. The molecular formula is C13H23N3O2S. The standard InChI is InChI=1S/C13H23N3O2S/c1-13(2,3)11-6-4-5-7-12(11)16-19(17,18)10-8-14-15-9-10/h8-9,11-12,16H,4-7H2,1-3H3,(H,14,15). The van der Waals surface area contributed by atoms with E-state index in [9.17, 15) is 8.42 Å². The first-order chi connectivity index (χ1) is 8.81. The van der Waals surface area contributed by atoms with Crippen molar-refractivity contribution in [3.05, 3.63) is 12.4 Å². The lowest BCUT2D eigenvalue weighted by Crippen LogP contribution is -2.46. The van der Waals surface area contributed by atoms with Gasteiger partial charge in [-0.2, -0.15) is 5.10 Å². The summed E-state index contributed by atoms with van der Waals surface area (Å²) in [6.45, 7) is 6.55. The molecule has 1 saturated carbocycles. The molecule has 1 aliphatic carbocycles. The average Bonchev–Trinajstić information content (AvgIpc) is 2.81. The van der Waals surface area contributed by atoms with Crippen LogP contribution in [0.2, 0.25) is 0 Å². The van der Waals surface area contributed by atoms with Gasteiger partial charge < -0.3 is 0 Å². The molecule has 108 valence electrons. The van der Waals surface area contributed by atoms with Crippen molar-refractivity contribution < 1.29 is 8.42 Å². The molecule has 5 nitrogen and oxygen atoms in total. The van der Waals surface area contributed by atoms with E-state index in [2.05, 4.69) is 35.7 Å². The van der Waals surface area contributed by atoms with Gasteiger partial charge in [0.1, 0.15) is 4.90 Å². The summed E-state index contributed by atoms with van der Waals surface area (Å²) in [6.07, 6.45) is 7.03. The number of nitrogens with zero attached hydrogens (tertiary/aromatic N) is 1. The summed E-state index contributed by atoms with van der Waals surface area (Å²) in [5.74, 6) is 0.378. The molecule has 6 heteroatoms. The van der Waals surface area contributed by atoms with Crippen LogP contribution in [0.25, 0.3) is 0 Å². The highest BCUT2D eigenvalue weighted by atomic mass is 32.2. The third-order valence-electron chi connectivity index (χ3n) is 3.97. The molecule has 2 unspecified atom stereocenters. The Labute approximate surface area is 115 Å². The SMILES string of the molecule is CC(C)(C)C1CCCCC1NS(=O)(=O)c1cn[nH]c1. The molecule has 1 aliphatic rings. The number of sulfonamides is 1. The first-order valence-electron chi connectivity index (χ1n) is 6.82. The highest BCUT2D eigenvalue weighted by molar-refractivity contribution is 7.89. The van der Waals surface area contributed by atoms with Gasteiger partial charge in [0.05, 0.1) is 6.20 Å². The fourth-order valence-corrected chi connectivity index (χ4v) is 4.18. The molecule has 1 heterocycles. The Hall–Kier alpha value is -0.880. The summed E-state index contributed by atoms with van der Waals surface area (Å²) in [5, 5.41) is 6.25. The average molecular weight is 285 g/mol. The van der Waals surface area contributed by atoms with E-state index in [1.54, 1.807) is 0 Å². The molecule has 0 aliphatic heterocycles. The second-order valence-electron chi connectivity index (χ2n) is 6.42. The van der Waals surface area contributed by atoms with Gasteiger partial charge in [-0.25, -0.2) is 13.1 Å². The van der Waals surface area contributed by atoms with Gasteiger partial charge in [-0.15, -0.1) is 0 Å². The Morgan fingerprint density at radius 1 is 1.32 bits per heavy atom. The van der Waals surface area contributed by atoms with E-state index >= 15 is 0 Å². The minimum Gasteiger partial charge on any atom is -0.284 e. The Balaban J connectivity index is 2.17. The van der Waals surface area contributed by atoms with E-state index < -0.39 is 10.0 Å². The van der Waals surface area contributed by atoms with Crippen LogP contribution >= 0.6 is 0 Å². The van der Waals surface area contributed by atoms with Crippen LogP contribution in [0.3, 0.4) is 0 Å². The summed E-state index contributed by atoms with van der Waals surface area (Å²) < 4.78 is 27.4. The zero-order valence-corrected chi connectivity index (χ0v) is 12.6. The maximum absolute atomic E-state index is 12.3. The highest BCUT2D eigenvalue weighted by Gasteiger charge is 2.36. The molecule has 1 aromatic rings. The number of aromatic amines is 1. The molecule has 2 N–H and O–H groups in total. The highest BCUT2D eigenvalue weighted by Crippen LogP contribution is 2.38. The summed E-state index contributed by atoms with van der Waals surface area (Å²) in [7, 11) is -3.45. The summed E-state index contributed by atoms with van der Waals surface area (Å²) in [6, 6.07) is 0.0219. The topological polar surface area (TPSA) is 74.8 Å². The molecular weight excluding hydrogens is 262 g/mol. The van der Waals surface area contributed by atoms with E-state index in [0.29, 0.717) is 5.92 Å². The van der Waals surface area contributed by atoms with E-state index in [1.165, 1.54) is 18.8 Å². The molecule has 0 aromatic carbocycles. The summed E-state index contributed by atoms with van der Waals surface area (Å²) >= 11 is 0. The van der Waals surface area contributed by atoms with E-state index in [1.807, 2.05) is 0 Å². The molecule has 0 spiro atoms. The first kappa shape index (κ1) is 14.5. The lowest BCUT2D eigenvalue weighted by atomic mass is 9.70. The predicted octanol–water partition coefficient (Wildman–Crippen LogP) is 2.29. The van der Waals surface area contributed by atoms with Crippen molar-refractivity contribution in [1.82, 2.24) is 14.9 Å². The number of nitrogens with one attached hydrogen (secondary N) is 2. The Morgan fingerprint density at radius 2 is 2.00 bits per heavy atom. The van der Waals surface area contributed by atoms with Gasteiger partial charge in [0, 0.05) is 12.2 Å². The van der Waals surface area contributed by atoms with E-state index in [0.717, 1.165) is 19.3 Å². The fourth-order valence-electron chi connectivity index (χ4n) is 2.96.